The molecule has 0 amide bonds. The molecule has 1 N–H and O–H groups in total. The SMILES string of the molecule is Cc1[nH]cnc1C=C1CCc2sc3ccccc3c2C1=O. The molecule has 3 aromatic rings. The van der Waals surface area contributed by atoms with E-state index in [-0.39, 0.29) is 5.78 Å². The van der Waals surface area contributed by atoms with Crippen LogP contribution in [0.1, 0.15) is 33.0 Å². The molecule has 3 nitrogen and oxygen atoms in total. The number of hydrogen-bond donors (Lipinski definition) is 1. The van der Waals surface area contributed by atoms with Crippen molar-refractivity contribution in [1.82, 2.24) is 9.97 Å². The third-order valence-electron chi connectivity index (χ3n) is 3.99. The number of aryl methyl sites for hydroxylation is 2. The molecule has 0 saturated heterocycles. The molecule has 0 fully saturated rings. The highest BCUT2D eigenvalue weighted by Crippen LogP contribution is 2.38. The number of H-pyrrole nitrogens is 1. The van der Waals surface area contributed by atoms with Crippen molar-refractivity contribution in [1.29, 1.82) is 0 Å². The second-order valence-corrected chi connectivity index (χ2v) is 6.44. The van der Waals surface area contributed by atoms with E-state index in [1.54, 1.807) is 17.7 Å². The third kappa shape index (κ3) is 1.94. The molecule has 0 bridgehead atoms. The lowest BCUT2D eigenvalue weighted by atomic mass is 9.89. The van der Waals surface area contributed by atoms with Gasteiger partial charge in [-0.1, -0.05) is 18.2 Å². The van der Waals surface area contributed by atoms with Crippen molar-refractivity contribution < 1.29 is 4.79 Å². The average molecular weight is 294 g/mol. The molecule has 21 heavy (non-hydrogen) atoms. The fourth-order valence-corrected chi connectivity index (χ4v) is 4.06. The highest BCUT2D eigenvalue weighted by atomic mass is 32.1. The van der Waals surface area contributed by atoms with E-state index in [0.717, 1.165) is 40.8 Å². The van der Waals surface area contributed by atoms with Crippen molar-refractivity contribution in [3.8, 4) is 0 Å². The van der Waals surface area contributed by atoms with E-state index in [1.807, 2.05) is 31.2 Å². The molecular weight excluding hydrogens is 280 g/mol. The number of rotatable bonds is 1. The highest BCUT2D eigenvalue weighted by molar-refractivity contribution is 7.19. The quantitative estimate of drug-likeness (QED) is 0.685. The van der Waals surface area contributed by atoms with Crippen LogP contribution in [0, 0.1) is 6.92 Å². The predicted molar refractivity (Wildman–Crippen MR) is 85.8 cm³/mol. The van der Waals surface area contributed by atoms with Gasteiger partial charge in [-0.15, -0.1) is 11.3 Å². The molecule has 2 aromatic heterocycles. The molecule has 0 atom stereocenters. The lowest BCUT2D eigenvalue weighted by Gasteiger charge is -2.13. The van der Waals surface area contributed by atoms with E-state index in [2.05, 4.69) is 16.0 Å². The number of thiophene rings is 1. The normalized spacial score (nSPS) is 16.6. The van der Waals surface area contributed by atoms with E-state index in [1.165, 1.54) is 9.58 Å². The molecule has 1 aromatic carbocycles. The van der Waals surface area contributed by atoms with Gasteiger partial charge in [0.15, 0.2) is 5.78 Å². The van der Waals surface area contributed by atoms with Gasteiger partial charge in [0.25, 0.3) is 0 Å². The maximum atomic E-state index is 12.8. The Balaban J connectivity index is 1.85. The zero-order valence-corrected chi connectivity index (χ0v) is 12.5. The third-order valence-corrected chi connectivity index (χ3v) is 5.22. The monoisotopic (exact) mass is 294 g/mol. The van der Waals surface area contributed by atoms with Crippen LogP contribution in [0.25, 0.3) is 16.2 Å². The minimum Gasteiger partial charge on any atom is -0.348 e. The van der Waals surface area contributed by atoms with E-state index in [4.69, 9.17) is 0 Å². The number of carbonyl (C=O) groups excluding carboxylic acids is 1. The standard InChI is InChI=1S/C17H14N2OS/c1-10-13(19-9-18-10)8-11-6-7-15-16(17(11)20)12-4-2-3-5-14(12)21-15/h2-5,8-9H,6-7H2,1H3,(H,18,19). The summed E-state index contributed by atoms with van der Waals surface area (Å²) in [7, 11) is 0. The van der Waals surface area contributed by atoms with E-state index < -0.39 is 0 Å². The Morgan fingerprint density at radius 1 is 1.29 bits per heavy atom. The van der Waals surface area contributed by atoms with Gasteiger partial charge in [-0.25, -0.2) is 4.98 Å². The van der Waals surface area contributed by atoms with Crippen LogP contribution in [0.15, 0.2) is 36.2 Å². The van der Waals surface area contributed by atoms with Crippen LogP contribution in [0.5, 0.6) is 0 Å². The molecule has 4 rings (SSSR count). The number of fused-ring (bicyclic) bond motifs is 3. The molecule has 2 heterocycles. The summed E-state index contributed by atoms with van der Waals surface area (Å²) in [4.78, 5) is 21.4. The van der Waals surface area contributed by atoms with Crippen LogP contribution in [-0.4, -0.2) is 15.8 Å². The summed E-state index contributed by atoms with van der Waals surface area (Å²) < 4.78 is 1.20. The van der Waals surface area contributed by atoms with Crippen molar-refractivity contribution in [3.63, 3.8) is 0 Å². The number of carbonyl (C=O) groups is 1. The molecule has 0 spiro atoms. The van der Waals surface area contributed by atoms with Crippen molar-refractivity contribution in [2.75, 3.05) is 0 Å². The number of ketones is 1. The van der Waals surface area contributed by atoms with Gasteiger partial charge in [-0.05, 0) is 31.9 Å². The first-order valence-corrected chi connectivity index (χ1v) is 7.81. The lowest BCUT2D eigenvalue weighted by molar-refractivity contribution is 0.102. The first-order valence-electron chi connectivity index (χ1n) is 6.99. The number of imidazole rings is 1. The summed E-state index contributed by atoms with van der Waals surface area (Å²) in [5.74, 6) is 0.163. The van der Waals surface area contributed by atoms with Crippen LogP contribution >= 0.6 is 11.3 Å². The Bertz CT molecular complexity index is 885. The molecule has 0 unspecified atom stereocenters. The predicted octanol–water partition coefficient (Wildman–Crippen LogP) is 4.15. The lowest BCUT2D eigenvalue weighted by Crippen LogP contribution is -2.12. The van der Waals surface area contributed by atoms with E-state index in [0.29, 0.717) is 0 Å². The Morgan fingerprint density at radius 2 is 2.14 bits per heavy atom. The van der Waals surface area contributed by atoms with Gasteiger partial charge in [-0.3, -0.25) is 4.79 Å². The molecule has 104 valence electrons. The second kappa shape index (κ2) is 4.67. The maximum absolute atomic E-state index is 12.8. The number of allylic oxidation sites excluding steroid dienone is 1. The minimum absolute atomic E-state index is 0.163. The molecule has 0 radical (unpaired) electrons. The largest absolute Gasteiger partial charge is 0.348 e. The zero-order valence-electron chi connectivity index (χ0n) is 11.6. The van der Waals surface area contributed by atoms with Gasteiger partial charge < -0.3 is 4.98 Å². The van der Waals surface area contributed by atoms with Gasteiger partial charge in [-0.2, -0.15) is 0 Å². The second-order valence-electron chi connectivity index (χ2n) is 5.31. The topological polar surface area (TPSA) is 45.8 Å². The van der Waals surface area contributed by atoms with Crippen LogP contribution in [0.3, 0.4) is 0 Å². The molecule has 0 saturated carbocycles. The summed E-state index contributed by atoms with van der Waals surface area (Å²) in [5.41, 5.74) is 3.63. The van der Waals surface area contributed by atoms with Crippen molar-refractivity contribution in [2.24, 2.45) is 0 Å². The Labute approximate surface area is 126 Å². The van der Waals surface area contributed by atoms with Crippen molar-refractivity contribution in [3.05, 3.63) is 58.0 Å². The van der Waals surface area contributed by atoms with Crippen molar-refractivity contribution >= 4 is 33.3 Å². The molecule has 1 aliphatic rings. The number of nitrogens with zero attached hydrogens (tertiary/aromatic N) is 1. The number of hydrogen-bond acceptors (Lipinski definition) is 3. The molecule has 4 heteroatoms. The fraction of sp³-hybridized carbons (Fsp3) is 0.176. The summed E-state index contributed by atoms with van der Waals surface area (Å²) in [6, 6.07) is 8.16. The number of aromatic nitrogens is 2. The molecular formula is C17H14N2OS. The smallest absolute Gasteiger partial charge is 0.190 e. The maximum Gasteiger partial charge on any atom is 0.190 e. The van der Waals surface area contributed by atoms with Gasteiger partial charge >= 0.3 is 0 Å². The summed E-state index contributed by atoms with van der Waals surface area (Å²) in [5, 5.41) is 1.09. The number of Topliss-reactive ketones (excluding diaryl/α,β-unsaturated/α-hetero) is 1. The first kappa shape index (κ1) is 12.5. The van der Waals surface area contributed by atoms with Crippen LogP contribution in [0.4, 0.5) is 0 Å². The van der Waals surface area contributed by atoms with E-state index in [9.17, 15) is 4.79 Å². The number of benzene rings is 1. The summed E-state index contributed by atoms with van der Waals surface area (Å²) >= 11 is 1.75. The van der Waals surface area contributed by atoms with Gasteiger partial charge in [0.2, 0.25) is 0 Å². The highest BCUT2D eigenvalue weighted by Gasteiger charge is 2.26. The Morgan fingerprint density at radius 3 is 2.95 bits per heavy atom. The Kier molecular flexibility index (Phi) is 2.79. The van der Waals surface area contributed by atoms with Gasteiger partial charge in [0, 0.05) is 31.8 Å². The van der Waals surface area contributed by atoms with Gasteiger partial charge in [0.05, 0.1) is 12.0 Å². The Hall–Kier alpha value is -2.20. The molecule has 1 aliphatic carbocycles. The van der Waals surface area contributed by atoms with Crippen molar-refractivity contribution in [2.45, 2.75) is 19.8 Å². The number of aromatic amines is 1. The van der Waals surface area contributed by atoms with Crippen LogP contribution < -0.4 is 0 Å². The average Bonchev–Trinajstić information content (AvgIpc) is 3.06. The van der Waals surface area contributed by atoms with Gasteiger partial charge in [0.1, 0.15) is 0 Å². The first-order chi connectivity index (χ1) is 10.2. The molecule has 0 aliphatic heterocycles. The van der Waals surface area contributed by atoms with Crippen LogP contribution in [0.2, 0.25) is 0 Å². The minimum atomic E-state index is 0.163. The van der Waals surface area contributed by atoms with E-state index >= 15 is 0 Å². The van der Waals surface area contributed by atoms with Crippen LogP contribution in [-0.2, 0) is 6.42 Å². The number of nitrogens with one attached hydrogen (secondary N) is 1. The fourth-order valence-electron chi connectivity index (χ4n) is 2.86. The summed E-state index contributed by atoms with van der Waals surface area (Å²) in [6.07, 6.45) is 5.34. The summed E-state index contributed by atoms with van der Waals surface area (Å²) in [6.45, 7) is 1.97. The zero-order chi connectivity index (χ0) is 14.4.